The van der Waals surface area contributed by atoms with Crippen LogP contribution in [0.15, 0.2) is 156 Å². The van der Waals surface area contributed by atoms with E-state index in [4.69, 9.17) is 24.8 Å². The molecule has 0 atom stereocenters. The number of benzene rings is 5. The van der Waals surface area contributed by atoms with Crippen molar-refractivity contribution >= 4 is 23.5 Å². The number of phenols is 1. The fourth-order valence-electron chi connectivity index (χ4n) is 7.65. The summed E-state index contributed by atoms with van der Waals surface area (Å²) in [6.45, 7) is 12.8. The maximum Gasteiger partial charge on any atom is 0.449 e. The van der Waals surface area contributed by atoms with E-state index in [1.807, 2.05) is 60.7 Å². The molecule has 1 aliphatic rings. The Kier molecular flexibility index (Phi) is 8.73. The monoisotopic (exact) mass is 742 g/mol. The number of aromatic hydroxyl groups is 1. The van der Waals surface area contributed by atoms with Gasteiger partial charge in [-0.1, -0.05) is 145 Å². The molecule has 3 aromatic heterocycles. The molecule has 0 saturated carbocycles. The van der Waals surface area contributed by atoms with Crippen LogP contribution in [0.2, 0.25) is 0 Å². The molecule has 0 spiro atoms. The maximum atomic E-state index is 12.3. The molecule has 0 bridgehead atoms. The van der Waals surface area contributed by atoms with Gasteiger partial charge in [0.15, 0.2) is 0 Å². The van der Waals surface area contributed by atoms with Gasteiger partial charge in [-0.25, -0.2) is 9.97 Å². The Hall–Kier alpha value is -6.67. The molecule has 8 aromatic rings. The molecule has 0 saturated heterocycles. The second-order valence-corrected chi connectivity index (χ2v) is 16.8. The Balaban J connectivity index is 1.26. The number of aromatic nitrogens is 4. The van der Waals surface area contributed by atoms with Crippen molar-refractivity contribution in [2.24, 2.45) is 9.81 Å². The zero-order valence-electron chi connectivity index (χ0n) is 33.1. The van der Waals surface area contributed by atoms with E-state index in [-0.39, 0.29) is 23.6 Å². The highest BCUT2D eigenvalue weighted by Gasteiger charge is 2.29. The Morgan fingerprint density at radius 1 is 0.561 bits per heavy atom. The molecular weight excluding hydrogens is 699 g/mol. The lowest BCUT2D eigenvalue weighted by molar-refractivity contribution is 0.446. The lowest BCUT2D eigenvalue weighted by Crippen LogP contribution is -2.25. The summed E-state index contributed by atoms with van der Waals surface area (Å²) in [6, 6.07) is 47.4. The topological polar surface area (TPSA) is 88.5 Å². The molecule has 5 aromatic carbocycles. The van der Waals surface area contributed by atoms with E-state index in [1.54, 1.807) is 6.20 Å². The zero-order chi connectivity index (χ0) is 39.5. The smallest absolute Gasteiger partial charge is 0.449 e. The summed E-state index contributed by atoms with van der Waals surface area (Å²) in [6.07, 6.45) is 1.79. The Morgan fingerprint density at radius 3 is 1.98 bits per heavy atom. The van der Waals surface area contributed by atoms with Crippen molar-refractivity contribution in [2.75, 3.05) is 0 Å². The van der Waals surface area contributed by atoms with Gasteiger partial charge in [0.25, 0.3) is 0 Å². The number of fused-ring (bicyclic) bond motifs is 2. The molecule has 0 radical (unpaired) electrons. The normalized spacial score (nSPS) is 12.7. The van der Waals surface area contributed by atoms with Gasteiger partial charge in [-0.2, -0.15) is 0 Å². The number of hydrogen-bond acceptors (Lipinski definition) is 6. The van der Waals surface area contributed by atoms with Crippen LogP contribution < -0.4 is 16.2 Å². The van der Waals surface area contributed by atoms with Crippen LogP contribution in [0.25, 0.3) is 61.9 Å². The minimum Gasteiger partial charge on any atom is -0.507 e. The molecule has 0 fully saturated rings. The van der Waals surface area contributed by atoms with Crippen molar-refractivity contribution in [1.29, 1.82) is 0 Å². The first kappa shape index (κ1) is 36.0. The van der Waals surface area contributed by atoms with Gasteiger partial charge < -0.3 is 14.9 Å². The standard InChI is InChI=1S/C49H43BN6O/c1-48(2,3)32-27-36(46(57)37(28-32)49(4,5)6)47-53-45-35(22-15-26-44(45)56(47)43-25-14-13-21-34(43)31-17-9-7-10-18-31)38-23-16-24-39(52-38)40-29-41-42(30-51-40)55-50(54-41)33-19-11-8-12-20-33/h7-30,57H,1-6H3. The van der Waals surface area contributed by atoms with Gasteiger partial charge in [0.2, 0.25) is 0 Å². The molecule has 4 heterocycles. The first-order chi connectivity index (χ1) is 27.4. The molecule has 9 rings (SSSR count). The number of para-hydroxylation sites is 2. The average Bonchev–Trinajstić information content (AvgIpc) is 3.83. The van der Waals surface area contributed by atoms with E-state index in [9.17, 15) is 5.11 Å². The second-order valence-electron chi connectivity index (χ2n) is 16.8. The summed E-state index contributed by atoms with van der Waals surface area (Å²) in [5.41, 5.74) is 11.1. The Bertz CT molecular complexity index is 2950. The van der Waals surface area contributed by atoms with Crippen molar-refractivity contribution in [3.63, 3.8) is 0 Å². The van der Waals surface area contributed by atoms with Crippen LogP contribution in [-0.4, -0.2) is 31.6 Å². The fourth-order valence-corrected chi connectivity index (χ4v) is 7.65. The number of hydrogen-bond donors (Lipinski definition) is 1. The average molecular weight is 743 g/mol. The lowest BCUT2D eigenvalue weighted by atomic mass is 9.71. The van der Waals surface area contributed by atoms with Crippen LogP contribution in [0.3, 0.4) is 0 Å². The predicted molar refractivity (Wildman–Crippen MR) is 232 cm³/mol. The van der Waals surface area contributed by atoms with Gasteiger partial charge in [0.05, 0.1) is 56.3 Å². The molecule has 0 aliphatic carbocycles. The second kappa shape index (κ2) is 13.8. The predicted octanol–water partition coefficient (Wildman–Crippen LogP) is 9.43. The van der Waals surface area contributed by atoms with Gasteiger partial charge in [-0.05, 0) is 63.8 Å². The first-order valence-electron chi connectivity index (χ1n) is 19.4. The molecule has 1 N–H and O–H groups in total. The molecular formula is C49H43BN6O. The van der Waals surface area contributed by atoms with E-state index in [1.165, 1.54) is 0 Å². The highest BCUT2D eigenvalue weighted by molar-refractivity contribution is 6.70. The molecule has 278 valence electrons. The summed E-state index contributed by atoms with van der Waals surface area (Å²) < 4.78 is 2.20. The van der Waals surface area contributed by atoms with Crippen molar-refractivity contribution in [1.82, 2.24) is 19.5 Å². The number of phenolic OH excluding ortho intramolecular Hbond substituents is 1. The SMILES string of the molecule is CC(C)(C)c1cc(-c2nc3c(-c4cccc(-c5cc6c(cn5)=NB(c5ccccc5)N=6)n4)cccc3n2-c2ccccc2-c2ccccc2)c(O)c(C(C)(C)C)c1. The van der Waals surface area contributed by atoms with Crippen LogP contribution in [0.1, 0.15) is 52.7 Å². The van der Waals surface area contributed by atoms with E-state index in [0.29, 0.717) is 11.4 Å². The van der Waals surface area contributed by atoms with E-state index in [2.05, 4.69) is 125 Å². The van der Waals surface area contributed by atoms with Crippen molar-refractivity contribution in [2.45, 2.75) is 52.4 Å². The minimum absolute atomic E-state index is 0.174. The van der Waals surface area contributed by atoms with Gasteiger partial charge in [-0.3, -0.25) is 9.55 Å². The molecule has 7 nitrogen and oxygen atoms in total. The summed E-state index contributed by atoms with van der Waals surface area (Å²) in [7, 11) is 0. The third kappa shape index (κ3) is 6.61. The summed E-state index contributed by atoms with van der Waals surface area (Å²) in [5.74, 6) is 0.893. The highest BCUT2D eigenvalue weighted by Crippen LogP contribution is 2.45. The van der Waals surface area contributed by atoms with Crippen molar-refractivity contribution in [3.05, 3.63) is 168 Å². The third-order valence-electron chi connectivity index (χ3n) is 10.7. The highest BCUT2D eigenvalue weighted by atomic mass is 16.3. The molecule has 0 unspecified atom stereocenters. The van der Waals surface area contributed by atoms with Gasteiger partial charge >= 0.3 is 6.98 Å². The zero-order valence-corrected chi connectivity index (χ0v) is 33.1. The van der Waals surface area contributed by atoms with Crippen molar-refractivity contribution < 1.29 is 5.11 Å². The first-order valence-corrected chi connectivity index (χ1v) is 19.4. The Labute approximate surface area is 333 Å². The molecule has 1 aliphatic heterocycles. The number of imidazole rings is 1. The van der Waals surface area contributed by atoms with Gasteiger partial charge in [-0.15, -0.1) is 0 Å². The maximum absolute atomic E-state index is 12.3. The molecule has 8 heteroatoms. The quantitative estimate of drug-likeness (QED) is 0.172. The number of nitrogens with zero attached hydrogens (tertiary/aromatic N) is 6. The van der Waals surface area contributed by atoms with Gasteiger partial charge in [0, 0.05) is 16.7 Å². The molecule has 57 heavy (non-hydrogen) atoms. The van der Waals surface area contributed by atoms with Crippen LogP contribution in [0, 0.1) is 0 Å². The fraction of sp³-hybridized carbons (Fsp3) is 0.163. The lowest BCUT2D eigenvalue weighted by Gasteiger charge is -2.27. The minimum atomic E-state index is -0.316. The van der Waals surface area contributed by atoms with Crippen LogP contribution in [-0.2, 0) is 10.8 Å². The largest absolute Gasteiger partial charge is 0.507 e. The van der Waals surface area contributed by atoms with Crippen LogP contribution in [0.4, 0.5) is 0 Å². The van der Waals surface area contributed by atoms with Crippen LogP contribution in [0.5, 0.6) is 5.75 Å². The summed E-state index contributed by atoms with van der Waals surface area (Å²) in [5, 5.41) is 13.8. The number of pyridine rings is 2. The van der Waals surface area contributed by atoms with Gasteiger partial charge in [0.1, 0.15) is 11.6 Å². The summed E-state index contributed by atoms with van der Waals surface area (Å²) >= 11 is 0. The van der Waals surface area contributed by atoms with E-state index >= 15 is 0 Å². The Morgan fingerprint density at radius 2 is 1.23 bits per heavy atom. The summed E-state index contributed by atoms with van der Waals surface area (Å²) in [4.78, 5) is 25.2. The van der Waals surface area contributed by atoms with Crippen molar-refractivity contribution in [3.8, 4) is 56.6 Å². The third-order valence-corrected chi connectivity index (χ3v) is 10.7. The molecule has 0 amide bonds. The van der Waals surface area contributed by atoms with E-state index < -0.39 is 0 Å². The number of rotatable bonds is 6. The van der Waals surface area contributed by atoms with E-state index in [0.717, 1.165) is 77.8 Å². The van der Waals surface area contributed by atoms with Crippen LogP contribution >= 0.6 is 0 Å².